The van der Waals surface area contributed by atoms with E-state index < -0.39 is 11.5 Å². The first kappa shape index (κ1) is 19.0. The molecule has 8 heteroatoms. The van der Waals surface area contributed by atoms with Gasteiger partial charge in [0.15, 0.2) is 5.60 Å². The monoisotopic (exact) mass is 468 g/mol. The quantitative estimate of drug-likeness (QED) is 0.426. The van der Waals surface area contributed by atoms with Crippen LogP contribution in [0.4, 0.5) is 5.69 Å². The van der Waals surface area contributed by atoms with Gasteiger partial charge in [0.2, 0.25) is 0 Å². The Bertz CT molecular complexity index is 836. The summed E-state index contributed by atoms with van der Waals surface area (Å²) in [5, 5.41) is 30.7. The largest absolute Gasteiger partial charge is 0.396 e. The summed E-state index contributed by atoms with van der Waals surface area (Å²) < 4.78 is 2.69. The Hall–Kier alpha value is -1.78. The predicted molar refractivity (Wildman–Crippen MR) is 105 cm³/mol. The number of carbonyl (C=O) groups is 1. The number of anilines is 1. The van der Waals surface area contributed by atoms with E-state index in [1.807, 2.05) is 43.5 Å². The van der Waals surface area contributed by atoms with Crippen molar-refractivity contribution >= 4 is 34.2 Å². The van der Waals surface area contributed by atoms with Gasteiger partial charge in [-0.15, -0.1) is 5.10 Å². The lowest BCUT2D eigenvalue weighted by Gasteiger charge is -2.26. The van der Waals surface area contributed by atoms with Crippen molar-refractivity contribution in [2.24, 2.45) is 5.92 Å². The molecular formula is C18H21IN4O3. The minimum Gasteiger partial charge on any atom is -0.396 e. The van der Waals surface area contributed by atoms with Gasteiger partial charge in [0.1, 0.15) is 0 Å². The van der Waals surface area contributed by atoms with Crippen LogP contribution in [0.15, 0.2) is 36.5 Å². The zero-order valence-electron chi connectivity index (χ0n) is 14.4. The molecule has 138 valence electrons. The second-order valence-electron chi connectivity index (χ2n) is 6.36. The van der Waals surface area contributed by atoms with E-state index >= 15 is 0 Å². The van der Waals surface area contributed by atoms with E-state index in [0.29, 0.717) is 30.6 Å². The van der Waals surface area contributed by atoms with Crippen molar-refractivity contribution < 1.29 is 15.0 Å². The van der Waals surface area contributed by atoms with E-state index in [-0.39, 0.29) is 12.5 Å². The molecule has 7 nitrogen and oxygen atoms in total. The molecule has 1 aromatic carbocycles. The van der Waals surface area contributed by atoms with Crippen LogP contribution in [0.1, 0.15) is 24.6 Å². The molecule has 1 amide bonds. The van der Waals surface area contributed by atoms with Gasteiger partial charge in [-0.05, 0) is 47.2 Å². The first-order chi connectivity index (χ1) is 12.4. The molecule has 0 unspecified atom stereocenters. The third kappa shape index (κ3) is 3.67. The number of hydrogen-bond donors (Lipinski definition) is 3. The minimum absolute atomic E-state index is 0.0527. The molecule has 0 fully saturated rings. The van der Waals surface area contributed by atoms with Crippen LogP contribution < -0.4 is 5.32 Å². The number of hydrogen-bond acceptors (Lipinski definition) is 5. The highest BCUT2D eigenvalue weighted by molar-refractivity contribution is 14.1. The second-order valence-corrected chi connectivity index (χ2v) is 7.61. The van der Waals surface area contributed by atoms with Crippen molar-refractivity contribution in [3.8, 4) is 0 Å². The van der Waals surface area contributed by atoms with Gasteiger partial charge in [-0.1, -0.05) is 24.3 Å². The normalized spacial score (nSPS) is 20.4. The van der Waals surface area contributed by atoms with Crippen LogP contribution in [0.25, 0.3) is 0 Å². The van der Waals surface area contributed by atoms with Gasteiger partial charge in [-0.3, -0.25) is 9.48 Å². The number of aliphatic hydroxyl groups excluding tert-OH is 1. The summed E-state index contributed by atoms with van der Waals surface area (Å²) in [6.45, 7) is 2.53. The molecule has 0 bridgehead atoms. The Balaban J connectivity index is 1.65. The molecule has 0 radical (unpaired) electrons. The third-order valence-electron chi connectivity index (χ3n) is 4.55. The van der Waals surface area contributed by atoms with Gasteiger partial charge in [-0.25, -0.2) is 0 Å². The van der Waals surface area contributed by atoms with E-state index in [2.05, 4.69) is 38.2 Å². The highest BCUT2D eigenvalue weighted by Crippen LogP contribution is 2.42. The molecule has 2 atom stereocenters. The SMILES string of the molecule is C[C@@H](/C=C/CCn1cc(CCO)nn1)[C@]1(O)C(=O)Nc2ccc(I)cc21. The lowest BCUT2D eigenvalue weighted by Crippen LogP contribution is -2.39. The molecule has 0 aliphatic carbocycles. The van der Waals surface area contributed by atoms with Gasteiger partial charge in [0.05, 0.1) is 5.69 Å². The summed E-state index contributed by atoms with van der Waals surface area (Å²) >= 11 is 2.17. The number of rotatable bonds is 7. The molecule has 3 N–H and O–H groups in total. The number of carbonyl (C=O) groups excluding carboxylic acids is 1. The highest BCUT2D eigenvalue weighted by atomic mass is 127. The van der Waals surface area contributed by atoms with Gasteiger partial charge >= 0.3 is 0 Å². The van der Waals surface area contributed by atoms with Crippen LogP contribution in [0.3, 0.4) is 0 Å². The van der Waals surface area contributed by atoms with Crippen LogP contribution in [0.5, 0.6) is 0 Å². The van der Waals surface area contributed by atoms with Crippen molar-refractivity contribution in [3.63, 3.8) is 0 Å². The molecule has 2 aromatic rings. The molecule has 26 heavy (non-hydrogen) atoms. The first-order valence-corrected chi connectivity index (χ1v) is 9.53. The van der Waals surface area contributed by atoms with E-state index in [4.69, 9.17) is 5.11 Å². The van der Waals surface area contributed by atoms with Crippen LogP contribution in [-0.2, 0) is 23.4 Å². The predicted octanol–water partition coefficient (Wildman–Crippen LogP) is 1.84. The Kier molecular flexibility index (Phi) is 5.73. The van der Waals surface area contributed by atoms with Crippen LogP contribution in [0, 0.1) is 9.49 Å². The molecule has 0 saturated heterocycles. The number of aromatic nitrogens is 3. The Morgan fingerprint density at radius 3 is 3.04 bits per heavy atom. The van der Waals surface area contributed by atoms with E-state index in [1.54, 1.807) is 4.68 Å². The molecular weight excluding hydrogens is 447 g/mol. The number of benzene rings is 1. The average molecular weight is 468 g/mol. The van der Waals surface area contributed by atoms with E-state index in [0.717, 1.165) is 9.26 Å². The van der Waals surface area contributed by atoms with Crippen molar-refractivity contribution in [3.05, 3.63) is 51.4 Å². The number of aryl methyl sites for hydroxylation is 1. The number of fused-ring (bicyclic) bond motifs is 1. The summed E-state index contributed by atoms with van der Waals surface area (Å²) in [6, 6.07) is 5.56. The van der Waals surface area contributed by atoms with Crippen molar-refractivity contribution in [1.82, 2.24) is 15.0 Å². The zero-order chi connectivity index (χ0) is 18.7. The summed E-state index contributed by atoms with van der Waals surface area (Å²) in [4.78, 5) is 12.4. The lowest BCUT2D eigenvalue weighted by molar-refractivity contribution is -0.137. The van der Waals surface area contributed by atoms with E-state index in [1.165, 1.54) is 0 Å². The van der Waals surface area contributed by atoms with Crippen molar-refractivity contribution in [2.45, 2.75) is 31.9 Å². The summed E-state index contributed by atoms with van der Waals surface area (Å²) in [7, 11) is 0. The van der Waals surface area contributed by atoms with Gasteiger partial charge in [0, 0.05) is 46.5 Å². The Morgan fingerprint density at radius 2 is 2.27 bits per heavy atom. The standard InChI is InChI=1S/C18H21IN4O3/c1-12(4-2-3-8-23-11-14(7-9-24)21-22-23)18(26)15-10-13(19)5-6-16(15)20-17(18)25/h2,4-6,10-12,24,26H,3,7-9H2,1H3,(H,20,25)/b4-2+/t12-,18+/m0/s1. The maximum atomic E-state index is 12.4. The molecule has 1 aromatic heterocycles. The lowest BCUT2D eigenvalue weighted by atomic mass is 9.83. The molecule has 1 aliphatic heterocycles. The number of halogens is 1. The maximum absolute atomic E-state index is 12.4. The number of aliphatic hydroxyl groups is 2. The molecule has 3 rings (SSSR count). The number of nitrogens with zero attached hydrogens (tertiary/aromatic N) is 3. The van der Waals surface area contributed by atoms with Crippen molar-refractivity contribution in [1.29, 1.82) is 0 Å². The van der Waals surface area contributed by atoms with Crippen LogP contribution >= 0.6 is 22.6 Å². The van der Waals surface area contributed by atoms with E-state index in [9.17, 15) is 9.90 Å². The number of allylic oxidation sites excluding steroid dienone is 1. The summed E-state index contributed by atoms with van der Waals surface area (Å²) in [5.41, 5.74) is 0.482. The summed E-state index contributed by atoms with van der Waals surface area (Å²) in [5.74, 6) is -0.765. The fraction of sp³-hybridized carbons (Fsp3) is 0.389. The molecule has 1 aliphatic rings. The smallest absolute Gasteiger partial charge is 0.261 e. The van der Waals surface area contributed by atoms with Gasteiger partial charge < -0.3 is 15.5 Å². The molecule has 0 spiro atoms. The third-order valence-corrected chi connectivity index (χ3v) is 5.22. The Labute approximate surface area is 165 Å². The van der Waals surface area contributed by atoms with Crippen LogP contribution in [0.2, 0.25) is 0 Å². The molecule has 2 heterocycles. The fourth-order valence-corrected chi connectivity index (χ4v) is 3.55. The Morgan fingerprint density at radius 1 is 1.46 bits per heavy atom. The van der Waals surface area contributed by atoms with Gasteiger partial charge in [0.25, 0.3) is 5.91 Å². The fourth-order valence-electron chi connectivity index (χ4n) is 3.06. The molecule has 0 saturated carbocycles. The minimum atomic E-state index is -1.56. The van der Waals surface area contributed by atoms with Crippen molar-refractivity contribution in [2.75, 3.05) is 11.9 Å². The average Bonchev–Trinajstić information content (AvgIpc) is 3.16. The van der Waals surface area contributed by atoms with Gasteiger partial charge in [-0.2, -0.15) is 0 Å². The summed E-state index contributed by atoms with van der Waals surface area (Å²) in [6.07, 6.45) is 6.80. The second kappa shape index (κ2) is 7.85. The first-order valence-electron chi connectivity index (χ1n) is 8.45. The number of nitrogens with one attached hydrogen (secondary N) is 1. The maximum Gasteiger partial charge on any atom is 0.261 e. The topological polar surface area (TPSA) is 100 Å². The highest BCUT2D eigenvalue weighted by Gasteiger charge is 2.48. The zero-order valence-corrected chi connectivity index (χ0v) is 16.5. The number of amides is 1. The van der Waals surface area contributed by atoms with Crippen LogP contribution in [-0.4, -0.2) is 37.7 Å².